The highest BCUT2D eigenvalue weighted by Gasteiger charge is 2.06. The largest absolute Gasteiger partial charge is 0.273 e. The summed E-state index contributed by atoms with van der Waals surface area (Å²) < 4.78 is 39.3. The third kappa shape index (κ3) is 4.17. The Bertz CT molecular complexity index is 649. The topological polar surface area (TPSA) is 41.5 Å². The quantitative estimate of drug-likeness (QED) is 0.683. The van der Waals surface area contributed by atoms with Crippen LogP contribution in [-0.2, 0) is 11.2 Å². The van der Waals surface area contributed by atoms with Crippen LogP contribution in [0, 0.1) is 17.5 Å². The number of hydrogen-bond donors (Lipinski definition) is 1. The van der Waals surface area contributed by atoms with Crippen molar-refractivity contribution in [1.82, 2.24) is 5.43 Å². The van der Waals surface area contributed by atoms with Gasteiger partial charge in [-0.1, -0.05) is 18.2 Å². The molecule has 0 bridgehead atoms. The number of amides is 1. The Morgan fingerprint density at radius 1 is 1.05 bits per heavy atom. The van der Waals surface area contributed by atoms with Gasteiger partial charge in [-0.3, -0.25) is 4.79 Å². The maximum atomic E-state index is 13.3. The molecule has 0 atom stereocenters. The van der Waals surface area contributed by atoms with Gasteiger partial charge in [0.15, 0.2) is 0 Å². The number of benzene rings is 2. The number of carbonyl (C=O) groups excluding carboxylic acids is 1. The van der Waals surface area contributed by atoms with Crippen molar-refractivity contribution >= 4 is 12.1 Å². The number of hydrogen-bond acceptors (Lipinski definition) is 2. The predicted octanol–water partition coefficient (Wildman–Crippen LogP) is 2.80. The van der Waals surface area contributed by atoms with E-state index < -0.39 is 23.4 Å². The van der Waals surface area contributed by atoms with Gasteiger partial charge >= 0.3 is 0 Å². The van der Waals surface area contributed by atoms with Crippen molar-refractivity contribution in [2.24, 2.45) is 5.10 Å². The second-order valence-corrected chi connectivity index (χ2v) is 4.23. The molecule has 2 aromatic carbocycles. The number of nitrogens with zero attached hydrogens (tertiary/aromatic N) is 1. The summed E-state index contributed by atoms with van der Waals surface area (Å²) in [5.41, 5.74) is 2.42. The lowest BCUT2D eigenvalue weighted by atomic mass is 10.1. The standard InChI is InChI=1S/C15H11F3N2O/c16-11-6-4-10(5-7-11)8-15(21)20-19-9-12-13(17)2-1-3-14(12)18/h1-7,9H,8H2,(H,20,21)/b19-9-. The zero-order valence-corrected chi connectivity index (χ0v) is 10.8. The van der Waals surface area contributed by atoms with Crippen LogP contribution in [0.5, 0.6) is 0 Å². The molecule has 0 aromatic heterocycles. The SMILES string of the molecule is O=C(Cc1ccc(F)cc1)N/N=C\c1c(F)cccc1F. The summed E-state index contributed by atoms with van der Waals surface area (Å²) >= 11 is 0. The van der Waals surface area contributed by atoms with Crippen LogP contribution in [0.2, 0.25) is 0 Å². The van der Waals surface area contributed by atoms with Crippen LogP contribution in [0.4, 0.5) is 13.2 Å². The van der Waals surface area contributed by atoms with E-state index in [0.29, 0.717) is 5.56 Å². The van der Waals surface area contributed by atoms with Gasteiger partial charge in [0.25, 0.3) is 0 Å². The van der Waals surface area contributed by atoms with E-state index in [1.807, 2.05) is 0 Å². The molecule has 0 radical (unpaired) electrons. The smallest absolute Gasteiger partial charge is 0.244 e. The molecule has 21 heavy (non-hydrogen) atoms. The molecular weight excluding hydrogens is 281 g/mol. The van der Waals surface area contributed by atoms with Gasteiger partial charge in [0.2, 0.25) is 5.91 Å². The fraction of sp³-hybridized carbons (Fsp3) is 0.0667. The highest BCUT2D eigenvalue weighted by atomic mass is 19.1. The van der Waals surface area contributed by atoms with Crippen molar-refractivity contribution in [1.29, 1.82) is 0 Å². The molecule has 6 heteroatoms. The Balaban J connectivity index is 1.95. The minimum atomic E-state index is -0.772. The normalized spacial score (nSPS) is 10.8. The van der Waals surface area contributed by atoms with Crippen LogP contribution in [0.25, 0.3) is 0 Å². The zero-order chi connectivity index (χ0) is 15.2. The molecule has 2 rings (SSSR count). The van der Waals surface area contributed by atoms with Gasteiger partial charge in [0.1, 0.15) is 17.5 Å². The van der Waals surface area contributed by atoms with E-state index in [2.05, 4.69) is 10.5 Å². The minimum absolute atomic E-state index is 0.0165. The molecule has 0 heterocycles. The molecule has 0 saturated heterocycles. The predicted molar refractivity (Wildman–Crippen MR) is 72.2 cm³/mol. The van der Waals surface area contributed by atoms with E-state index in [1.165, 1.54) is 30.3 Å². The first-order valence-corrected chi connectivity index (χ1v) is 6.06. The summed E-state index contributed by atoms with van der Waals surface area (Å²) in [4.78, 5) is 11.6. The Morgan fingerprint density at radius 2 is 1.67 bits per heavy atom. The molecule has 0 saturated carbocycles. The summed E-state index contributed by atoms with van der Waals surface area (Å²) in [6, 6.07) is 8.82. The van der Waals surface area contributed by atoms with E-state index >= 15 is 0 Å². The van der Waals surface area contributed by atoms with Gasteiger partial charge in [-0.05, 0) is 29.8 Å². The van der Waals surface area contributed by atoms with Gasteiger partial charge in [0, 0.05) is 0 Å². The number of hydrazone groups is 1. The molecule has 108 valence electrons. The van der Waals surface area contributed by atoms with Gasteiger partial charge in [-0.2, -0.15) is 5.10 Å². The Morgan fingerprint density at radius 3 is 2.29 bits per heavy atom. The second kappa shape index (κ2) is 6.69. The van der Waals surface area contributed by atoms with Crippen LogP contribution in [0.3, 0.4) is 0 Å². The maximum absolute atomic E-state index is 13.3. The fourth-order valence-corrected chi connectivity index (χ4v) is 1.63. The van der Waals surface area contributed by atoms with E-state index in [-0.39, 0.29) is 12.0 Å². The van der Waals surface area contributed by atoms with Crippen LogP contribution in [0.15, 0.2) is 47.6 Å². The average molecular weight is 292 g/mol. The number of halogens is 3. The van der Waals surface area contributed by atoms with E-state index in [4.69, 9.17) is 0 Å². The maximum Gasteiger partial charge on any atom is 0.244 e. The number of carbonyl (C=O) groups is 1. The molecule has 1 N–H and O–H groups in total. The summed E-state index contributed by atoms with van der Waals surface area (Å²) in [5, 5.41) is 3.50. The monoisotopic (exact) mass is 292 g/mol. The van der Waals surface area contributed by atoms with Crippen LogP contribution in [-0.4, -0.2) is 12.1 Å². The van der Waals surface area contributed by atoms with Crippen LogP contribution in [0.1, 0.15) is 11.1 Å². The van der Waals surface area contributed by atoms with Crippen molar-refractivity contribution in [3.8, 4) is 0 Å². The highest BCUT2D eigenvalue weighted by molar-refractivity contribution is 5.83. The number of rotatable bonds is 4. The Kier molecular flexibility index (Phi) is 4.71. The molecule has 0 aliphatic heterocycles. The summed E-state index contributed by atoms with van der Waals surface area (Å²) in [6.45, 7) is 0. The first-order chi connectivity index (χ1) is 10.1. The van der Waals surface area contributed by atoms with Crippen molar-refractivity contribution in [2.75, 3.05) is 0 Å². The summed E-state index contributed by atoms with van der Waals surface area (Å²) in [6.07, 6.45) is 0.880. The van der Waals surface area contributed by atoms with Crippen molar-refractivity contribution in [3.05, 3.63) is 71.0 Å². The molecule has 0 spiro atoms. The Hall–Kier alpha value is -2.63. The lowest BCUT2D eigenvalue weighted by molar-refractivity contribution is -0.120. The average Bonchev–Trinajstić information content (AvgIpc) is 2.45. The first-order valence-electron chi connectivity index (χ1n) is 6.06. The first kappa shape index (κ1) is 14.8. The van der Waals surface area contributed by atoms with Gasteiger partial charge in [0.05, 0.1) is 18.2 Å². The molecular formula is C15H11F3N2O. The van der Waals surface area contributed by atoms with Crippen molar-refractivity contribution in [3.63, 3.8) is 0 Å². The fourth-order valence-electron chi connectivity index (χ4n) is 1.63. The molecule has 0 aliphatic carbocycles. The minimum Gasteiger partial charge on any atom is -0.273 e. The van der Waals surface area contributed by atoms with E-state index in [9.17, 15) is 18.0 Å². The van der Waals surface area contributed by atoms with Crippen LogP contribution < -0.4 is 5.43 Å². The lowest BCUT2D eigenvalue weighted by Gasteiger charge is -2.01. The molecule has 2 aromatic rings. The lowest BCUT2D eigenvalue weighted by Crippen LogP contribution is -2.20. The summed E-state index contributed by atoms with van der Waals surface area (Å²) in [5.74, 6) is -2.42. The molecule has 0 unspecified atom stereocenters. The van der Waals surface area contributed by atoms with Gasteiger partial charge in [-0.25, -0.2) is 18.6 Å². The van der Waals surface area contributed by atoms with Gasteiger partial charge < -0.3 is 0 Å². The highest BCUT2D eigenvalue weighted by Crippen LogP contribution is 2.09. The molecule has 3 nitrogen and oxygen atoms in total. The molecule has 0 aliphatic rings. The number of nitrogens with one attached hydrogen (secondary N) is 1. The van der Waals surface area contributed by atoms with Gasteiger partial charge in [-0.15, -0.1) is 0 Å². The molecule has 0 fully saturated rings. The third-order valence-electron chi connectivity index (χ3n) is 2.66. The van der Waals surface area contributed by atoms with Crippen molar-refractivity contribution < 1.29 is 18.0 Å². The van der Waals surface area contributed by atoms with E-state index in [0.717, 1.165) is 18.3 Å². The second-order valence-electron chi connectivity index (χ2n) is 4.23. The third-order valence-corrected chi connectivity index (χ3v) is 2.66. The van der Waals surface area contributed by atoms with E-state index in [1.54, 1.807) is 0 Å². The molecule has 1 amide bonds. The Labute approximate surface area is 119 Å². The summed E-state index contributed by atoms with van der Waals surface area (Å²) in [7, 11) is 0. The van der Waals surface area contributed by atoms with Crippen LogP contribution >= 0.6 is 0 Å². The van der Waals surface area contributed by atoms with Crippen molar-refractivity contribution in [2.45, 2.75) is 6.42 Å². The zero-order valence-electron chi connectivity index (χ0n) is 10.8.